The van der Waals surface area contributed by atoms with Crippen molar-refractivity contribution in [2.45, 2.75) is 44.1 Å². The summed E-state index contributed by atoms with van der Waals surface area (Å²) in [6.45, 7) is 1.37. The molecule has 0 spiro atoms. The number of esters is 1. The molecule has 0 aliphatic carbocycles. The first-order chi connectivity index (χ1) is 12.8. The number of carbonyl (C=O) groups is 1. The van der Waals surface area contributed by atoms with Crippen molar-refractivity contribution < 1.29 is 23.7 Å². The number of rotatable bonds is 7. The first-order valence-electron chi connectivity index (χ1n) is 8.92. The summed E-state index contributed by atoms with van der Waals surface area (Å²) in [6.07, 6.45) is -0.872. The van der Waals surface area contributed by atoms with Crippen LogP contribution >= 0.6 is 0 Å². The summed E-state index contributed by atoms with van der Waals surface area (Å²) in [5.74, 6) is -0.225. The minimum atomic E-state index is -0.350. The maximum Gasteiger partial charge on any atom is 0.309 e. The number of hydrogen-bond donors (Lipinski definition) is 0. The van der Waals surface area contributed by atoms with E-state index in [2.05, 4.69) is 0 Å². The minimum absolute atomic E-state index is 0.225. The molecule has 2 heterocycles. The fraction of sp³-hybridized carbons (Fsp3) is 0.381. The molecule has 2 fully saturated rings. The highest BCUT2D eigenvalue weighted by molar-refractivity contribution is 5.73. The fourth-order valence-electron chi connectivity index (χ4n) is 3.44. The van der Waals surface area contributed by atoms with Crippen molar-refractivity contribution in [3.05, 3.63) is 71.8 Å². The lowest BCUT2D eigenvalue weighted by atomic mass is 10.1. The molecule has 4 atom stereocenters. The quantitative estimate of drug-likeness (QED) is 0.716. The molecule has 0 N–H and O–H groups in total. The van der Waals surface area contributed by atoms with Gasteiger partial charge in [-0.1, -0.05) is 60.7 Å². The Morgan fingerprint density at radius 3 is 2.27 bits per heavy atom. The van der Waals surface area contributed by atoms with Gasteiger partial charge in [0, 0.05) is 0 Å². The van der Waals surface area contributed by atoms with Gasteiger partial charge in [-0.2, -0.15) is 0 Å². The fourth-order valence-corrected chi connectivity index (χ4v) is 3.44. The first-order valence-corrected chi connectivity index (χ1v) is 8.92. The molecule has 0 radical (unpaired) electrons. The van der Waals surface area contributed by atoms with Crippen molar-refractivity contribution in [1.29, 1.82) is 0 Å². The second-order valence-electron chi connectivity index (χ2n) is 6.63. The normalized spacial score (nSPS) is 27.3. The molecular formula is C21H22O5. The van der Waals surface area contributed by atoms with Gasteiger partial charge < -0.3 is 18.9 Å². The Balaban J connectivity index is 1.36. The van der Waals surface area contributed by atoms with Crippen LogP contribution in [0.1, 0.15) is 17.5 Å². The van der Waals surface area contributed by atoms with E-state index in [1.807, 2.05) is 60.7 Å². The van der Waals surface area contributed by atoms with E-state index in [4.69, 9.17) is 18.9 Å². The second kappa shape index (κ2) is 7.99. The highest BCUT2D eigenvalue weighted by Crippen LogP contribution is 2.34. The molecule has 26 heavy (non-hydrogen) atoms. The predicted octanol–water partition coefficient (Wildman–Crippen LogP) is 2.87. The molecule has 0 bridgehead atoms. The van der Waals surface area contributed by atoms with E-state index in [0.717, 1.165) is 11.1 Å². The Morgan fingerprint density at radius 1 is 0.923 bits per heavy atom. The molecule has 5 nitrogen and oxygen atoms in total. The molecule has 2 aliphatic heterocycles. The summed E-state index contributed by atoms with van der Waals surface area (Å²) in [4.78, 5) is 11.6. The van der Waals surface area contributed by atoms with Crippen molar-refractivity contribution in [2.75, 3.05) is 6.61 Å². The molecule has 136 valence electrons. The number of benzene rings is 2. The van der Waals surface area contributed by atoms with Gasteiger partial charge in [0.05, 0.1) is 26.2 Å². The summed E-state index contributed by atoms with van der Waals surface area (Å²) in [7, 11) is 0. The Kier molecular flexibility index (Phi) is 5.29. The van der Waals surface area contributed by atoms with Gasteiger partial charge in [0.2, 0.25) is 0 Å². The second-order valence-corrected chi connectivity index (χ2v) is 6.63. The van der Waals surface area contributed by atoms with Gasteiger partial charge in [0.15, 0.2) is 6.10 Å². The van der Waals surface area contributed by atoms with Crippen LogP contribution in [0.15, 0.2) is 60.7 Å². The van der Waals surface area contributed by atoms with Crippen LogP contribution in [0.4, 0.5) is 0 Å². The largest absolute Gasteiger partial charge is 0.457 e. The molecule has 2 aliphatic rings. The van der Waals surface area contributed by atoms with Crippen LogP contribution in [0.25, 0.3) is 0 Å². The maximum atomic E-state index is 11.6. The minimum Gasteiger partial charge on any atom is -0.457 e. The van der Waals surface area contributed by atoms with E-state index in [9.17, 15) is 4.79 Å². The lowest BCUT2D eigenvalue weighted by molar-refractivity contribution is -0.150. The summed E-state index contributed by atoms with van der Waals surface area (Å²) < 4.78 is 23.4. The topological polar surface area (TPSA) is 54.0 Å². The maximum absolute atomic E-state index is 11.6. The smallest absolute Gasteiger partial charge is 0.309 e. The zero-order valence-electron chi connectivity index (χ0n) is 14.5. The standard InChI is InChI=1S/C21H22O5/c22-19-11-17-21(26-19)20(24-13-16-9-5-2-6-10-16)18(25-17)14-23-12-15-7-3-1-4-8-15/h1-10,17-18,20-21H,11-14H2/t17-,18-,20+,21+/m1/s1. The third kappa shape index (κ3) is 3.96. The number of hydrogen-bond acceptors (Lipinski definition) is 5. The summed E-state index contributed by atoms with van der Waals surface area (Å²) in [6, 6.07) is 19.9. The molecule has 0 aromatic heterocycles. The van der Waals surface area contributed by atoms with Crippen LogP contribution < -0.4 is 0 Å². The number of ether oxygens (including phenoxy) is 4. The van der Waals surface area contributed by atoms with E-state index in [0.29, 0.717) is 19.8 Å². The van der Waals surface area contributed by atoms with Crippen molar-refractivity contribution >= 4 is 5.97 Å². The van der Waals surface area contributed by atoms with E-state index >= 15 is 0 Å². The molecule has 4 rings (SSSR count). The zero-order chi connectivity index (χ0) is 17.8. The van der Waals surface area contributed by atoms with Gasteiger partial charge in [0.1, 0.15) is 18.3 Å². The molecule has 0 amide bonds. The summed E-state index contributed by atoms with van der Waals surface area (Å²) >= 11 is 0. The lowest BCUT2D eigenvalue weighted by Crippen LogP contribution is -2.37. The van der Waals surface area contributed by atoms with Crippen LogP contribution in [-0.2, 0) is 37.0 Å². The van der Waals surface area contributed by atoms with Crippen molar-refractivity contribution in [1.82, 2.24) is 0 Å². The Hall–Kier alpha value is -2.21. The number of carbonyl (C=O) groups excluding carboxylic acids is 1. The highest BCUT2D eigenvalue weighted by Gasteiger charge is 2.52. The van der Waals surface area contributed by atoms with Crippen LogP contribution in [0.2, 0.25) is 0 Å². The van der Waals surface area contributed by atoms with Crippen molar-refractivity contribution in [3.63, 3.8) is 0 Å². The third-order valence-electron chi connectivity index (χ3n) is 4.72. The molecule has 2 aromatic rings. The van der Waals surface area contributed by atoms with Gasteiger partial charge in [-0.15, -0.1) is 0 Å². The summed E-state index contributed by atoms with van der Waals surface area (Å²) in [5.41, 5.74) is 2.18. The molecular weight excluding hydrogens is 332 g/mol. The predicted molar refractivity (Wildman–Crippen MR) is 94.3 cm³/mol. The monoisotopic (exact) mass is 354 g/mol. The molecule has 0 unspecified atom stereocenters. The number of fused-ring (bicyclic) bond motifs is 1. The summed E-state index contributed by atoms with van der Waals surface area (Å²) in [5, 5.41) is 0. The van der Waals surface area contributed by atoms with Gasteiger partial charge in [-0.05, 0) is 11.1 Å². The van der Waals surface area contributed by atoms with Gasteiger partial charge >= 0.3 is 5.97 Å². The van der Waals surface area contributed by atoms with Gasteiger partial charge in [-0.3, -0.25) is 4.79 Å². The van der Waals surface area contributed by atoms with E-state index in [1.54, 1.807) is 0 Å². The zero-order valence-corrected chi connectivity index (χ0v) is 14.5. The average molecular weight is 354 g/mol. The van der Waals surface area contributed by atoms with Crippen LogP contribution in [-0.4, -0.2) is 37.0 Å². The lowest BCUT2D eigenvalue weighted by Gasteiger charge is -2.22. The molecule has 5 heteroatoms. The highest BCUT2D eigenvalue weighted by atomic mass is 16.6. The van der Waals surface area contributed by atoms with Gasteiger partial charge in [-0.25, -0.2) is 0 Å². The van der Waals surface area contributed by atoms with Gasteiger partial charge in [0.25, 0.3) is 0 Å². The molecule has 2 aromatic carbocycles. The van der Waals surface area contributed by atoms with E-state index in [-0.39, 0.29) is 36.8 Å². The van der Waals surface area contributed by atoms with E-state index < -0.39 is 0 Å². The van der Waals surface area contributed by atoms with Crippen molar-refractivity contribution in [2.24, 2.45) is 0 Å². The SMILES string of the molecule is O=C1C[C@H]2O[C@H](COCc3ccccc3)[C@H](OCc3ccccc3)[C@H]2O1. The Morgan fingerprint density at radius 2 is 1.58 bits per heavy atom. The van der Waals surface area contributed by atoms with E-state index in [1.165, 1.54) is 0 Å². The van der Waals surface area contributed by atoms with Crippen molar-refractivity contribution in [3.8, 4) is 0 Å². The average Bonchev–Trinajstić information content (AvgIpc) is 3.17. The Bertz CT molecular complexity index is 718. The van der Waals surface area contributed by atoms with Crippen LogP contribution in [0, 0.1) is 0 Å². The van der Waals surface area contributed by atoms with Crippen LogP contribution in [0.5, 0.6) is 0 Å². The van der Waals surface area contributed by atoms with Crippen LogP contribution in [0.3, 0.4) is 0 Å². The molecule has 0 saturated carbocycles. The third-order valence-corrected chi connectivity index (χ3v) is 4.72. The first kappa shape index (κ1) is 17.2. The molecule has 2 saturated heterocycles. The Labute approximate surface area is 152 Å².